The van der Waals surface area contributed by atoms with E-state index < -0.39 is 17.1 Å². The van der Waals surface area contributed by atoms with E-state index in [1.54, 1.807) is 0 Å². The summed E-state index contributed by atoms with van der Waals surface area (Å²) >= 11 is 1.31. The fourth-order valence-electron chi connectivity index (χ4n) is 2.10. The van der Waals surface area contributed by atoms with Crippen LogP contribution >= 0.6 is 11.8 Å². The molecule has 2 atom stereocenters. The van der Waals surface area contributed by atoms with Crippen molar-refractivity contribution in [2.24, 2.45) is 5.92 Å². The number of imide groups is 1. The number of carbonyl (C=O) groups excluding carboxylic acids is 2. The Hall–Kier alpha value is -1.04. The van der Waals surface area contributed by atoms with Gasteiger partial charge in [-0.3, -0.25) is 19.3 Å². The van der Waals surface area contributed by atoms with Gasteiger partial charge in [-0.25, -0.2) is 0 Å². The van der Waals surface area contributed by atoms with Crippen molar-refractivity contribution in [3.8, 4) is 0 Å². The summed E-state index contributed by atoms with van der Waals surface area (Å²) in [6, 6.07) is 0. The van der Waals surface area contributed by atoms with Gasteiger partial charge < -0.3 is 5.11 Å². The number of thioether (sulfide) groups is 1. The van der Waals surface area contributed by atoms with Crippen molar-refractivity contribution < 1.29 is 19.5 Å². The fraction of sp³-hybridized carbons (Fsp3) is 0.769. The molecular weight excluding hydrogens is 266 g/mol. The second-order valence-electron chi connectivity index (χ2n) is 4.73. The molecule has 0 aromatic carbocycles. The van der Waals surface area contributed by atoms with Crippen LogP contribution in [0.5, 0.6) is 0 Å². The van der Waals surface area contributed by atoms with Crippen LogP contribution < -0.4 is 0 Å². The number of hydrogen-bond donors (Lipinski definition) is 1. The summed E-state index contributed by atoms with van der Waals surface area (Å²) < 4.78 is 0. The standard InChI is InChI=1S/C13H21NO4S/c1-3-5-9(13(17)18)8-19-10-7-11(15)14(6-4-2)12(10)16/h9-10H,3-8H2,1-2H3,(H,17,18). The molecule has 5 nitrogen and oxygen atoms in total. The van der Waals surface area contributed by atoms with Crippen molar-refractivity contribution in [1.29, 1.82) is 0 Å². The molecule has 1 N–H and O–H groups in total. The predicted molar refractivity (Wildman–Crippen MR) is 73.9 cm³/mol. The van der Waals surface area contributed by atoms with E-state index in [1.807, 2.05) is 13.8 Å². The molecule has 1 heterocycles. The molecular formula is C13H21NO4S. The van der Waals surface area contributed by atoms with Gasteiger partial charge in [0.2, 0.25) is 11.8 Å². The molecule has 2 unspecified atom stereocenters. The molecule has 108 valence electrons. The molecule has 6 heteroatoms. The van der Waals surface area contributed by atoms with Gasteiger partial charge in [-0.15, -0.1) is 11.8 Å². The molecule has 1 aliphatic rings. The second kappa shape index (κ2) is 7.53. The Balaban J connectivity index is 2.52. The van der Waals surface area contributed by atoms with Gasteiger partial charge in [0.25, 0.3) is 0 Å². The maximum Gasteiger partial charge on any atom is 0.307 e. The summed E-state index contributed by atoms with van der Waals surface area (Å²) in [4.78, 5) is 36.0. The zero-order chi connectivity index (χ0) is 14.4. The van der Waals surface area contributed by atoms with Crippen molar-refractivity contribution in [3.05, 3.63) is 0 Å². The van der Waals surface area contributed by atoms with Gasteiger partial charge in [0.1, 0.15) is 0 Å². The number of carbonyl (C=O) groups is 3. The molecule has 1 fully saturated rings. The highest BCUT2D eigenvalue weighted by Gasteiger charge is 2.38. The molecule has 1 rings (SSSR count). The van der Waals surface area contributed by atoms with Crippen molar-refractivity contribution in [2.45, 2.75) is 44.8 Å². The summed E-state index contributed by atoms with van der Waals surface area (Å²) in [6.45, 7) is 4.32. The smallest absolute Gasteiger partial charge is 0.307 e. The first kappa shape index (κ1) is 16.0. The Kier molecular flexibility index (Phi) is 6.34. The average Bonchev–Trinajstić information content (AvgIpc) is 2.62. The minimum atomic E-state index is -0.823. The fourth-order valence-corrected chi connectivity index (χ4v) is 3.40. The lowest BCUT2D eigenvalue weighted by Gasteiger charge is -2.15. The van der Waals surface area contributed by atoms with Gasteiger partial charge in [-0.05, 0) is 12.8 Å². The summed E-state index contributed by atoms with van der Waals surface area (Å²) in [5, 5.41) is 8.67. The zero-order valence-corrected chi connectivity index (χ0v) is 12.2. The Morgan fingerprint density at radius 2 is 2.11 bits per heavy atom. The van der Waals surface area contributed by atoms with Crippen molar-refractivity contribution in [3.63, 3.8) is 0 Å². The summed E-state index contributed by atoms with van der Waals surface area (Å²) in [5.41, 5.74) is 0. The number of carboxylic acids is 1. The summed E-state index contributed by atoms with van der Waals surface area (Å²) in [5.74, 6) is -1.15. The first-order valence-electron chi connectivity index (χ1n) is 6.69. The van der Waals surface area contributed by atoms with Gasteiger partial charge in [0.05, 0.1) is 11.2 Å². The lowest BCUT2D eigenvalue weighted by atomic mass is 10.1. The van der Waals surface area contributed by atoms with Gasteiger partial charge in [0, 0.05) is 18.7 Å². The van der Waals surface area contributed by atoms with E-state index in [4.69, 9.17) is 5.11 Å². The van der Waals surface area contributed by atoms with Gasteiger partial charge in [-0.1, -0.05) is 20.3 Å². The third-order valence-corrected chi connectivity index (χ3v) is 4.50. The van der Waals surface area contributed by atoms with Crippen LogP contribution in [0.2, 0.25) is 0 Å². The number of likely N-dealkylation sites (tertiary alicyclic amines) is 1. The molecule has 0 aliphatic carbocycles. The number of aliphatic carboxylic acids is 1. The predicted octanol–water partition coefficient (Wildman–Crippen LogP) is 1.76. The minimum absolute atomic E-state index is 0.133. The highest BCUT2D eigenvalue weighted by Crippen LogP contribution is 2.28. The highest BCUT2D eigenvalue weighted by atomic mass is 32.2. The molecule has 0 aromatic heterocycles. The first-order chi connectivity index (χ1) is 9.01. The molecule has 0 radical (unpaired) electrons. The van der Waals surface area contributed by atoms with Crippen molar-refractivity contribution in [1.82, 2.24) is 4.90 Å². The number of nitrogens with zero attached hydrogens (tertiary/aromatic N) is 1. The molecule has 2 amide bonds. The third-order valence-electron chi connectivity index (χ3n) is 3.13. The van der Waals surface area contributed by atoms with Crippen LogP contribution in [0.3, 0.4) is 0 Å². The van der Waals surface area contributed by atoms with Crippen molar-refractivity contribution in [2.75, 3.05) is 12.3 Å². The average molecular weight is 287 g/mol. The van der Waals surface area contributed by atoms with E-state index in [0.717, 1.165) is 12.8 Å². The van der Waals surface area contributed by atoms with Crippen LogP contribution in [-0.4, -0.2) is 45.3 Å². The van der Waals surface area contributed by atoms with E-state index in [0.29, 0.717) is 18.7 Å². The number of hydrogen-bond acceptors (Lipinski definition) is 4. The van der Waals surface area contributed by atoms with Crippen LogP contribution in [0.4, 0.5) is 0 Å². The second-order valence-corrected chi connectivity index (χ2v) is 5.97. The van der Waals surface area contributed by atoms with Crippen LogP contribution in [0.1, 0.15) is 39.5 Å². The molecule has 0 aromatic rings. The Bertz CT molecular complexity index is 359. The van der Waals surface area contributed by atoms with Crippen LogP contribution in [0.25, 0.3) is 0 Å². The Labute approximate surface area is 117 Å². The van der Waals surface area contributed by atoms with Crippen LogP contribution in [-0.2, 0) is 14.4 Å². The van der Waals surface area contributed by atoms with Crippen LogP contribution in [0.15, 0.2) is 0 Å². The van der Waals surface area contributed by atoms with E-state index in [2.05, 4.69) is 0 Å². The molecule has 0 bridgehead atoms. The van der Waals surface area contributed by atoms with E-state index in [1.165, 1.54) is 16.7 Å². The minimum Gasteiger partial charge on any atom is -0.481 e. The first-order valence-corrected chi connectivity index (χ1v) is 7.74. The molecule has 19 heavy (non-hydrogen) atoms. The monoisotopic (exact) mass is 287 g/mol. The topological polar surface area (TPSA) is 74.7 Å². The molecule has 1 saturated heterocycles. The normalized spacial score (nSPS) is 20.9. The highest BCUT2D eigenvalue weighted by molar-refractivity contribution is 8.00. The summed E-state index contributed by atoms with van der Waals surface area (Å²) in [6.07, 6.45) is 2.37. The SMILES string of the molecule is CCCC(CSC1CC(=O)N(CCC)C1=O)C(=O)O. The maximum atomic E-state index is 12.0. The lowest BCUT2D eigenvalue weighted by molar-refractivity contribution is -0.141. The maximum absolute atomic E-state index is 12.0. The molecule has 0 spiro atoms. The third kappa shape index (κ3) is 4.23. The van der Waals surface area contributed by atoms with E-state index >= 15 is 0 Å². The largest absolute Gasteiger partial charge is 0.481 e. The Morgan fingerprint density at radius 3 is 2.63 bits per heavy atom. The van der Waals surface area contributed by atoms with Gasteiger partial charge in [0.15, 0.2) is 0 Å². The van der Waals surface area contributed by atoms with Crippen molar-refractivity contribution >= 4 is 29.5 Å². The van der Waals surface area contributed by atoms with Crippen LogP contribution in [0, 0.1) is 5.92 Å². The summed E-state index contributed by atoms with van der Waals surface area (Å²) in [7, 11) is 0. The number of carboxylic acid groups (broad SMARTS) is 1. The Morgan fingerprint density at radius 1 is 1.42 bits per heavy atom. The van der Waals surface area contributed by atoms with Gasteiger partial charge >= 0.3 is 5.97 Å². The number of amides is 2. The lowest BCUT2D eigenvalue weighted by Crippen LogP contribution is -2.32. The van der Waals surface area contributed by atoms with E-state index in [-0.39, 0.29) is 18.2 Å². The quantitative estimate of drug-likeness (QED) is 0.688. The molecule has 1 aliphatic heterocycles. The van der Waals surface area contributed by atoms with Gasteiger partial charge in [-0.2, -0.15) is 0 Å². The van der Waals surface area contributed by atoms with E-state index in [9.17, 15) is 14.4 Å². The zero-order valence-electron chi connectivity index (χ0n) is 11.4. The number of rotatable bonds is 8. The molecule has 0 saturated carbocycles.